The number of para-hydroxylation sites is 1. The number of Topliss-reactive ketones (excluding diaryl/α,β-unsaturated/α-hetero) is 1. The topological polar surface area (TPSA) is 86.5 Å². The zero-order valence-electron chi connectivity index (χ0n) is 17.1. The minimum atomic E-state index is -0.846. The van der Waals surface area contributed by atoms with E-state index >= 15 is 0 Å². The second-order valence-electron chi connectivity index (χ2n) is 7.76. The van der Waals surface area contributed by atoms with Gasteiger partial charge in [-0.15, -0.1) is 0 Å². The molecule has 0 radical (unpaired) electrons. The number of aliphatic hydroxyl groups is 1. The van der Waals surface area contributed by atoms with Crippen LogP contribution in [0.3, 0.4) is 0 Å². The van der Waals surface area contributed by atoms with Crippen molar-refractivity contribution in [2.75, 3.05) is 0 Å². The van der Waals surface area contributed by atoms with E-state index in [1.54, 1.807) is 25.3 Å². The van der Waals surface area contributed by atoms with Crippen LogP contribution in [-0.4, -0.2) is 26.7 Å². The number of amides is 1. The van der Waals surface area contributed by atoms with E-state index in [4.69, 9.17) is 4.42 Å². The first kappa shape index (κ1) is 19.8. The number of carbonyl (C=O) groups is 2. The molecule has 3 heterocycles. The van der Waals surface area contributed by atoms with Crippen LogP contribution in [0.5, 0.6) is 0 Å². The van der Waals surface area contributed by atoms with Gasteiger partial charge >= 0.3 is 0 Å². The van der Waals surface area contributed by atoms with Crippen molar-refractivity contribution in [2.45, 2.75) is 19.5 Å². The van der Waals surface area contributed by atoms with Gasteiger partial charge in [-0.05, 0) is 48.9 Å². The van der Waals surface area contributed by atoms with Crippen LogP contribution < -0.4 is 0 Å². The fourth-order valence-electron chi connectivity index (χ4n) is 4.20. The minimum Gasteiger partial charge on any atom is -0.507 e. The van der Waals surface area contributed by atoms with Crippen LogP contribution in [0.15, 0.2) is 77.0 Å². The summed E-state index contributed by atoms with van der Waals surface area (Å²) in [5, 5.41) is 12.0. The summed E-state index contributed by atoms with van der Waals surface area (Å²) in [4.78, 5) is 30.7. The number of hydrogen-bond donors (Lipinski definition) is 2. The first-order valence-corrected chi connectivity index (χ1v) is 10.1. The number of ketones is 1. The Hall–Kier alpha value is -4.13. The van der Waals surface area contributed by atoms with Crippen molar-refractivity contribution in [3.8, 4) is 0 Å². The third kappa shape index (κ3) is 3.10. The number of H-pyrrole nitrogens is 1. The molecule has 32 heavy (non-hydrogen) atoms. The zero-order valence-corrected chi connectivity index (χ0v) is 17.1. The molecule has 4 aromatic rings. The lowest BCUT2D eigenvalue weighted by molar-refractivity contribution is -0.140. The van der Waals surface area contributed by atoms with E-state index in [1.807, 2.05) is 24.3 Å². The summed E-state index contributed by atoms with van der Waals surface area (Å²) in [5.74, 6) is -1.80. The van der Waals surface area contributed by atoms with E-state index in [0.717, 1.165) is 10.9 Å². The molecule has 5 rings (SSSR count). The largest absolute Gasteiger partial charge is 0.507 e. The Labute approximate surface area is 182 Å². The molecule has 1 unspecified atom stereocenters. The van der Waals surface area contributed by atoms with Gasteiger partial charge in [-0.3, -0.25) is 9.59 Å². The summed E-state index contributed by atoms with van der Waals surface area (Å²) in [6.45, 7) is 1.62. The number of carbonyl (C=O) groups excluding carboxylic acids is 2. The van der Waals surface area contributed by atoms with Gasteiger partial charge in [0.2, 0.25) is 0 Å². The summed E-state index contributed by atoms with van der Waals surface area (Å²) < 4.78 is 19.2. The lowest BCUT2D eigenvalue weighted by atomic mass is 9.94. The van der Waals surface area contributed by atoms with Gasteiger partial charge in [0.25, 0.3) is 11.7 Å². The summed E-state index contributed by atoms with van der Waals surface area (Å²) in [7, 11) is 0. The molecule has 2 N–H and O–H groups in total. The van der Waals surface area contributed by atoms with Gasteiger partial charge in [-0.25, -0.2) is 4.39 Å². The first-order chi connectivity index (χ1) is 15.5. The summed E-state index contributed by atoms with van der Waals surface area (Å²) in [5.41, 5.74) is 2.06. The van der Waals surface area contributed by atoms with Gasteiger partial charge in [0.05, 0.1) is 24.4 Å². The van der Waals surface area contributed by atoms with Crippen molar-refractivity contribution in [1.29, 1.82) is 0 Å². The Morgan fingerprint density at radius 2 is 1.97 bits per heavy atom. The molecule has 1 atom stereocenters. The number of halogens is 1. The van der Waals surface area contributed by atoms with Crippen molar-refractivity contribution < 1.29 is 23.5 Å². The molecule has 2 aromatic heterocycles. The summed E-state index contributed by atoms with van der Waals surface area (Å²) in [6, 6.07) is 14.2. The molecule has 1 fully saturated rings. The van der Waals surface area contributed by atoms with Crippen LogP contribution in [0.4, 0.5) is 4.39 Å². The van der Waals surface area contributed by atoms with E-state index in [2.05, 4.69) is 4.98 Å². The second-order valence-corrected chi connectivity index (χ2v) is 7.76. The molecule has 1 aliphatic rings. The Bertz CT molecular complexity index is 1380. The first-order valence-electron chi connectivity index (χ1n) is 10.1. The van der Waals surface area contributed by atoms with Crippen LogP contribution in [0.2, 0.25) is 0 Å². The highest BCUT2D eigenvalue weighted by molar-refractivity contribution is 6.46. The number of nitrogens with one attached hydrogen (secondary N) is 1. The van der Waals surface area contributed by atoms with E-state index < -0.39 is 23.5 Å². The van der Waals surface area contributed by atoms with Crippen molar-refractivity contribution >= 4 is 28.4 Å². The summed E-state index contributed by atoms with van der Waals surface area (Å²) >= 11 is 0. The number of hydrogen-bond acceptors (Lipinski definition) is 4. The molecular formula is C25H19FN2O4. The van der Waals surface area contributed by atoms with Crippen molar-refractivity contribution in [3.05, 3.63) is 101 Å². The van der Waals surface area contributed by atoms with Gasteiger partial charge in [0, 0.05) is 28.2 Å². The molecule has 1 amide bonds. The Kier molecular flexibility index (Phi) is 4.66. The van der Waals surface area contributed by atoms with Gasteiger partial charge in [0.15, 0.2) is 0 Å². The van der Waals surface area contributed by atoms with Gasteiger partial charge in [-0.2, -0.15) is 0 Å². The molecule has 2 aromatic carbocycles. The lowest BCUT2D eigenvalue weighted by Gasteiger charge is -2.24. The Morgan fingerprint density at radius 3 is 2.72 bits per heavy atom. The fraction of sp³-hybridized carbons (Fsp3) is 0.120. The standard InChI is InChI=1S/C25H19FN2O4/c1-14-11-15(8-9-19(14)26)23(29)21-22(18-12-27-20-7-3-2-6-17(18)20)28(25(31)24(21)30)13-16-5-4-10-32-16/h2-12,22,27,29H,13H2,1H3/b23-21+. The van der Waals surface area contributed by atoms with Crippen LogP contribution in [0.25, 0.3) is 16.7 Å². The highest BCUT2D eigenvalue weighted by atomic mass is 19.1. The maximum atomic E-state index is 13.8. The van der Waals surface area contributed by atoms with E-state index in [0.29, 0.717) is 16.9 Å². The average molecular weight is 430 g/mol. The smallest absolute Gasteiger partial charge is 0.296 e. The molecule has 1 aliphatic heterocycles. The second kappa shape index (κ2) is 7.53. The number of likely N-dealkylation sites (tertiary alicyclic amines) is 1. The Morgan fingerprint density at radius 1 is 1.16 bits per heavy atom. The van der Waals surface area contributed by atoms with Crippen molar-refractivity contribution in [2.24, 2.45) is 0 Å². The van der Waals surface area contributed by atoms with Crippen LogP contribution >= 0.6 is 0 Å². The van der Waals surface area contributed by atoms with Gasteiger partial charge < -0.3 is 19.4 Å². The number of aryl methyl sites for hydroxylation is 1. The molecule has 7 heteroatoms. The van der Waals surface area contributed by atoms with Crippen LogP contribution in [-0.2, 0) is 16.1 Å². The molecule has 1 saturated heterocycles. The highest BCUT2D eigenvalue weighted by Gasteiger charge is 2.47. The number of aliphatic hydroxyl groups excluding tert-OH is 1. The number of nitrogens with zero attached hydrogens (tertiary/aromatic N) is 1. The molecule has 0 bridgehead atoms. The van der Waals surface area contributed by atoms with Crippen molar-refractivity contribution in [3.63, 3.8) is 0 Å². The lowest BCUT2D eigenvalue weighted by Crippen LogP contribution is -2.29. The molecule has 6 nitrogen and oxygen atoms in total. The monoisotopic (exact) mass is 430 g/mol. The molecule has 160 valence electrons. The summed E-state index contributed by atoms with van der Waals surface area (Å²) in [6.07, 6.45) is 3.23. The van der Waals surface area contributed by atoms with E-state index in [1.165, 1.54) is 29.4 Å². The molecule has 0 aliphatic carbocycles. The van der Waals surface area contributed by atoms with Crippen LogP contribution in [0, 0.1) is 12.7 Å². The number of fused-ring (bicyclic) bond motifs is 1. The normalized spacial score (nSPS) is 18.1. The van der Waals surface area contributed by atoms with E-state index in [9.17, 15) is 19.1 Å². The minimum absolute atomic E-state index is 0.0442. The van der Waals surface area contributed by atoms with Crippen molar-refractivity contribution in [1.82, 2.24) is 9.88 Å². The predicted molar refractivity (Wildman–Crippen MR) is 116 cm³/mol. The molecule has 0 saturated carbocycles. The van der Waals surface area contributed by atoms with Gasteiger partial charge in [-0.1, -0.05) is 18.2 Å². The molecule has 0 spiro atoms. The number of rotatable bonds is 4. The number of benzene rings is 2. The van der Waals surface area contributed by atoms with Crippen LogP contribution in [0.1, 0.15) is 28.5 Å². The highest BCUT2D eigenvalue weighted by Crippen LogP contribution is 2.42. The third-order valence-corrected chi connectivity index (χ3v) is 5.79. The maximum Gasteiger partial charge on any atom is 0.296 e. The number of aromatic amines is 1. The quantitative estimate of drug-likeness (QED) is 0.276. The predicted octanol–water partition coefficient (Wildman–Crippen LogP) is 4.83. The fourth-order valence-corrected chi connectivity index (χ4v) is 4.20. The SMILES string of the molecule is Cc1cc(/C(O)=C2\C(=O)C(=O)N(Cc3ccco3)C2c2c[nH]c3ccccc23)ccc1F. The van der Waals surface area contributed by atoms with E-state index in [-0.39, 0.29) is 23.4 Å². The molecular weight excluding hydrogens is 411 g/mol. The van der Waals surface area contributed by atoms with Gasteiger partial charge in [0.1, 0.15) is 17.3 Å². The maximum absolute atomic E-state index is 13.8. The third-order valence-electron chi connectivity index (χ3n) is 5.79. The number of aromatic nitrogens is 1. The Balaban J connectivity index is 1.72. The zero-order chi connectivity index (χ0) is 22.4. The average Bonchev–Trinajstić information content (AvgIpc) is 3.51. The number of furan rings is 1.